The summed E-state index contributed by atoms with van der Waals surface area (Å²) in [6.45, 7) is -0.0704. The molecule has 0 radical (unpaired) electrons. The molecule has 1 aromatic rings. The number of carbonyl (C=O) groups excluding carboxylic acids is 1. The fourth-order valence-corrected chi connectivity index (χ4v) is 2.11. The summed E-state index contributed by atoms with van der Waals surface area (Å²) >= 11 is 0. The monoisotopic (exact) mass is 304 g/mol. The number of pyridine rings is 1. The molecule has 0 aliphatic heterocycles. The molecule has 112 valence electrons. The summed E-state index contributed by atoms with van der Waals surface area (Å²) in [6.07, 6.45) is 0.985. The number of hydrogen-bond acceptors (Lipinski definition) is 5. The van der Waals surface area contributed by atoms with Crippen LogP contribution in [0.4, 0.5) is 10.2 Å². The third kappa shape index (κ3) is 4.14. The lowest BCUT2D eigenvalue weighted by molar-refractivity contribution is 0.0956. The highest BCUT2D eigenvalue weighted by atomic mass is 32.2. The van der Waals surface area contributed by atoms with E-state index in [1.807, 2.05) is 0 Å². The van der Waals surface area contributed by atoms with Crippen LogP contribution in [0.3, 0.4) is 0 Å². The van der Waals surface area contributed by atoms with Crippen LogP contribution in [0.2, 0.25) is 0 Å². The van der Waals surface area contributed by atoms with Crippen molar-refractivity contribution in [1.82, 2.24) is 14.6 Å². The number of amides is 1. The Morgan fingerprint density at radius 1 is 1.45 bits per heavy atom. The topological polar surface area (TPSA) is 91.4 Å². The average Bonchev–Trinajstić information content (AvgIpc) is 2.38. The van der Waals surface area contributed by atoms with Crippen LogP contribution in [0.1, 0.15) is 10.4 Å². The van der Waals surface area contributed by atoms with Gasteiger partial charge in [0.05, 0.1) is 17.5 Å². The van der Waals surface area contributed by atoms with Crippen molar-refractivity contribution in [2.75, 3.05) is 38.8 Å². The third-order valence-electron chi connectivity index (χ3n) is 2.54. The summed E-state index contributed by atoms with van der Waals surface area (Å²) in [5.41, 5.74) is 0.0229. The fourth-order valence-electron chi connectivity index (χ4n) is 1.38. The molecule has 20 heavy (non-hydrogen) atoms. The summed E-state index contributed by atoms with van der Waals surface area (Å²) in [5, 5.41) is 5.08. The largest absolute Gasteiger partial charge is 0.372 e. The molecule has 2 N–H and O–H groups in total. The van der Waals surface area contributed by atoms with E-state index >= 15 is 0 Å². The van der Waals surface area contributed by atoms with E-state index < -0.39 is 21.7 Å². The molecule has 0 fully saturated rings. The Morgan fingerprint density at radius 2 is 2.10 bits per heavy atom. The van der Waals surface area contributed by atoms with Crippen LogP contribution in [0.25, 0.3) is 0 Å². The molecule has 1 rings (SSSR count). The number of nitrogens with zero attached hydrogens (tertiary/aromatic N) is 2. The minimum absolute atomic E-state index is 0.0229. The number of sulfonamides is 1. The Hall–Kier alpha value is -1.74. The van der Waals surface area contributed by atoms with Gasteiger partial charge >= 0.3 is 0 Å². The van der Waals surface area contributed by atoms with Gasteiger partial charge in [0.1, 0.15) is 11.6 Å². The fraction of sp³-hybridized carbons (Fsp3) is 0.455. The summed E-state index contributed by atoms with van der Waals surface area (Å²) in [4.78, 5) is 15.6. The minimum Gasteiger partial charge on any atom is -0.372 e. The van der Waals surface area contributed by atoms with Crippen molar-refractivity contribution in [2.45, 2.75) is 0 Å². The Bertz CT molecular complexity index is 589. The summed E-state index contributed by atoms with van der Waals surface area (Å²) in [5.74, 6) is -1.24. The maximum Gasteiger partial charge on any atom is 0.255 e. The third-order valence-corrected chi connectivity index (χ3v) is 4.37. The number of carbonyl (C=O) groups is 1. The quantitative estimate of drug-likeness (QED) is 0.765. The molecule has 7 nitrogen and oxygen atoms in total. The Labute approximate surface area is 117 Å². The number of hydrogen-bond donors (Lipinski definition) is 2. The highest BCUT2D eigenvalue weighted by molar-refractivity contribution is 7.89. The molecule has 0 aliphatic carbocycles. The average molecular weight is 304 g/mol. The molecule has 1 heterocycles. The first-order chi connectivity index (χ1) is 9.27. The second-order valence-corrected chi connectivity index (χ2v) is 6.46. The van der Waals surface area contributed by atoms with E-state index in [1.165, 1.54) is 14.1 Å². The van der Waals surface area contributed by atoms with Gasteiger partial charge in [-0.1, -0.05) is 0 Å². The Morgan fingerprint density at radius 3 is 2.65 bits per heavy atom. The van der Waals surface area contributed by atoms with Crippen molar-refractivity contribution in [1.29, 1.82) is 0 Å². The number of nitrogens with one attached hydrogen (secondary N) is 2. The lowest BCUT2D eigenvalue weighted by Gasteiger charge is -2.12. The minimum atomic E-state index is -3.39. The number of halogens is 1. The summed E-state index contributed by atoms with van der Waals surface area (Å²) in [7, 11) is 0.981. The van der Waals surface area contributed by atoms with Crippen LogP contribution < -0.4 is 10.6 Å². The SMILES string of the molecule is CNc1ncc(F)cc1C(=O)NCCS(=O)(=O)N(C)C. The predicted molar refractivity (Wildman–Crippen MR) is 73.5 cm³/mol. The Kier molecular flexibility index (Phi) is 5.40. The molecular formula is C11H17FN4O3S. The van der Waals surface area contributed by atoms with Crippen molar-refractivity contribution in [3.8, 4) is 0 Å². The van der Waals surface area contributed by atoms with Gasteiger partial charge in [-0.15, -0.1) is 0 Å². The maximum absolute atomic E-state index is 13.1. The van der Waals surface area contributed by atoms with E-state index in [1.54, 1.807) is 7.05 Å². The molecule has 0 bridgehead atoms. The smallest absolute Gasteiger partial charge is 0.255 e. The molecule has 1 aromatic heterocycles. The van der Waals surface area contributed by atoms with E-state index in [4.69, 9.17) is 0 Å². The van der Waals surface area contributed by atoms with Gasteiger partial charge in [-0.05, 0) is 6.07 Å². The molecule has 0 saturated carbocycles. The highest BCUT2D eigenvalue weighted by Gasteiger charge is 2.16. The second-order valence-electron chi connectivity index (χ2n) is 4.15. The normalized spacial score (nSPS) is 11.4. The molecule has 0 saturated heterocycles. The van der Waals surface area contributed by atoms with Crippen LogP contribution in [-0.2, 0) is 10.0 Å². The van der Waals surface area contributed by atoms with Crippen molar-refractivity contribution < 1.29 is 17.6 Å². The van der Waals surface area contributed by atoms with Crippen LogP contribution in [-0.4, -0.2) is 57.1 Å². The lowest BCUT2D eigenvalue weighted by atomic mass is 10.2. The van der Waals surface area contributed by atoms with Gasteiger partial charge in [-0.3, -0.25) is 4.79 Å². The predicted octanol–water partition coefficient (Wildman–Crippen LogP) is -0.116. The molecule has 0 aliphatic rings. The van der Waals surface area contributed by atoms with Crippen molar-refractivity contribution in [2.24, 2.45) is 0 Å². The molecule has 0 unspecified atom stereocenters. The zero-order valence-electron chi connectivity index (χ0n) is 11.5. The van der Waals surface area contributed by atoms with Crippen LogP contribution >= 0.6 is 0 Å². The highest BCUT2D eigenvalue weighted by Crippen LogP contribution is 2.12. The van der Waals surface area contributed by atoms with Gasteiger partial charge in [0.2, 0.25) is 10.0 Å². The van der Waals surface area contributed by atoms with Gasteiger partial charge in [-0.25, -0.2) is 22.1 Å². The number of rotatable bonds is 6. The standard InChI is InChI=1S/C11H17FN4O3S/c1-13-10-9(6-8(12)7-15-10)11(17)14-4-5-20(18,19)16(2)3/h6-7H,4-5H2,1-3H3,(H,13,15)(H,14,17). The molecule has 0 spiro atoms. The molecule has 0 aromatic carbocycles. The second kappa shape index (κ2) is 6.62. The van der Waals surface area contributed by atoms with E-state index in [2.05, 4.69) is 15.6 Å². The first-order valence-electron chi connectivity index (χ1n) is 5.79. The Balaban J connectivity index is 2.71. The molecule has 1 amide bonds. The maximum atomic E-state index is 13.1. The number of anilines is 1. The van der Waals surface area contributed by atoms with E-state index in [-0.39, 0.29) is 23.7 Å². The van der Waals surface area contributed by atoms with Gasteiger partial charge in [0.15, 0.2) is 0 Å². The van der Waals surface area contributed by atoms with Gasteiger partial charge in [-0.2, -0.15) is 0 Å². The zero-order chi connectivity index (χ0) is 15.3. The van der Waals surface area contributed by atoms with Gasteiger partial charge in [0, 0.05) is 27.7 Å². The van der Waals surface area contributed by atoms with E-state index in [0.29, 0.717) is 0 Å². The zero-order valence-corrected chi connectivity index (χ0v) is 12.3. The first-order valence-corrected chi connectivity index (χ1v) is 7.40. The van der Waals surface area contributed by atoms with Crippen molar-refractivity contribution in [3.63, 3.8) is 0 Å². The van der Waals surface area contributed by atoms with Crippen LogP contribution in [0.5, 0.6) is 0 Å². The molecular weight excluding hydrogens is 287 g/mol. The van der Waals surface area contributed by atoms with E-state index in [9.17, 15) is 17.6 Å². The van der Waals surface area contributed by atoms with Crippen molar-refractivity contribution in [3.05, 3.63) is 23.6 Å². The molecule has 0 atom stereocenters. The summed E-state index contributed by atoms with van der Waals surface area (Å²) in [6, 6.07) is 1.04. The lowest BCUT2D eigenvalue weighted by Crippen LogP contribution is -2.34. The molecule has 9 heteroatoms. The summed E-state index contributed by atoms with van der Waals surface area (Å²) < 4.78 is 37.2. The van der Waals surface area contributed by atoms with Crippen LogP contribution in [0.15, 0.2) is 12.3 Å². The van der Waals surface area contributed by atoms with Crippen molar-refractivity contribution >= 4 is 21.7 Å². The van der Waals surface area contributed by atoms with E-state index in [0.717, 1.165) is 16.6 Å². The van der Waals surface area contributed by atoms with Crippen LogP contribution in [0, 0.1) is 5.82 Å². The van der Waals surface area contributed by atoms with Gasteiger partial charge < -0.3 is 10.6 Å². The first kappa shape index (κ1) is 16.3. The number of aromatic nitrogens is 1. The van der Waals surface area contributed by atoms with Gasteiger partial charge in [0.25, 0.3) is 5.91 Å².